The van der Waals surface area contributed by atoms with Crippen LogP contribution in [0.1, 0.15) is 13.3 Å². The largest absolute Gasteiger partial charge is 0.492 e. The van der Waals surface area contributed by atoms with Crippen LogP contribution >= 0.6 is 23.4 Å². The van der Waals surface area contributed by atoms with Crippen molar-refractivity contribution in [2.24, 2.45) is 5.14 Å². The van der Waals surface area contributed by atoms with E-state index in [4.69, 9.17) is 21.5 Å². The molecule has 0 saturated carbocycles. The monoisotopic (exact) mass is 482 g/mol. The molecule has 0 radical (unpaired) electrons. The van der Waals surface area contributed by atoms with E-state index in [-0.39, 0.29) is 16.6 Å². The number of benzene rings is 2. The number of nitrogens with two attached hydrogens (primary N) is 1. The van der Waals surface area contributed by atoms with Crippen molar-refractivity contribution in [1.82, 2.24) is 14.9 Å². The van der Waals surface area contributed by atoms with Crippen molar-refractivity contribution in [2.45, 2.75) is 29.9 Å². The lowest BCUT2D eigenvalue weighted by atomic mass is 10.3. The minimum absolute atomic E-state index is 0.0103. The summed E-state index contributed by atoms with van der Waals surface area (Å²) < 4.78 is 30.7. The molecule has 1 amide bonds. The number of hydrogen-bond donors (Lipinski definition) is 2. The van der Waals surface area contributed by atoms with E-state index in [0.29, 0.717) is 41.1 Å². The number of imidazole rings is 1. The highest BCUT2D eigenvalue weighted by Crippen LogP contribution is 2.26. The number of aryl methyl sites for hydroxylation is 1. The number of carbonyl (C=O) groups excluding carboxylic acids is 1. The molecule has 0 aliphatic heterocycles. The molecule has 3 aromatic rings. The third-order valence-electron chi connectivity index (χ3n) is 4.30. The van der Waals surface area contributed by atoms with Gasteiger partial charge in [-0.05, 0) is 48.9 Å². The number of ether oxygens (including phenoxy) is 1. The number of aromatic nitrogens is 2. The molecule has 0 fully saturated rings. The third kappa shape index (κ3) is 6.36. The first-order valence-corrected chi connectivity index (χ1v) is 12.5. The van der Waals surface area contributed by atoms with Crippen LogP contribution in [0.4, 0.5) is 0 Å². The zero-order chi connectivity index (χ0) is 22.4. The van der Waals surface area contributed by atoms with E-state index in [9.17, 15) is 13.2 Å². The number of sulfonamides is 1. The average Bonchev–Trinajstić information content (AvgIpc) is 3.07. The Morgan fingerprint density at radius 3 is 2.68 bits per heavy atom. The number of carbonyl (C=O) groups is 1. The molecule has 8 nitrogen and oxygen atoms in total. The molecule has 0 aliphatic carbocycles. The van der Waals surface area contributed by atoms with Gasteiger partial charge in [0.15, 0.2) is 5.16 Å². The first-order chi connectivity index (χ1) is 14.8. The average molecular weight is 483 g/mol. The molecule has 0 spiro atoms. The molecule has 1 heterocycles. The highest BCUT2D eigenvalue weighted by atomic mass is 35.5. The van der Waals surface area contributed by atoms with Crippen molar-refractivity contribution in [3.63, 3.8) is 0 Å². The summed E-state index contributed by atoms with van der Waals surface area (Å²) in [5, 5.41) is 9.30. The number of amides is 1. The van der Waals surface area contributed by atoms with Gasteiger partial charge >= 0.3 is 0 Å². The molecule has 0 atom stereocenters. The second-order valence-corrected chi connectivity index (χ2v) is 9.62. The third-order valence-corrected chi connectivity index (χ3v) is 6.44. The summed E-state index contributed by atoms with van der Waals surface area (Å²) in [7, 11) is -3.81. The van der Waals surface area contributed by atoms with E-state index in [0.717, 1.165) is 11.9 Å². The highest BCUT2D eigenvalue weighted by Gasteiger charge is 2.16. The topological polar surface area (TPSA) is 116 Å². The van der Waals surface area contributed by atoms with Crippen LogP contribution in [0.2, 0.25) is 5.02 Å². The van der Waals surface area contributed by atoms with E-state index in [2.05, 4.69) is 10.3 Å². The SMILES string of the molecule is CCCn1c(SCC(=O)NCCOc2ccc(Cl)cc2)nc2cc(S(N)(=O)=O)ccc21. The van der Waals surface area contributed by atoms with E-state index in [1.54, 1.807) is 30.3 Å². The van der Waals surface area contributed by atoms with Crippen LogP contribution in [0, 0.1) is 0 Å². The van der Waals surface area contributed by atoms with Gasteiger partial charge in [0.2, 0.25) is 15.9 Å². The second kappa shape index (κ2) is 10.4. The quantitative estimate of drug-likeness (QED) is 0.339. The zero-order valence-corrected chi connectivity index (χ0v) is 19.3. The summed E-state index contributed by atoms with van der Waals surface area (Å²) in [5.41, 5.74) is 1.33. The summed E-state index contributed by atoms with van der Waals surface area (Å²) in [5.74, 6) is 0.709. The number of thioether (sulfide) groups is 1. The molecule has 0 aliphatic rings. The number of hydrogen-bond acceptors (Lipinski definition) is 6. The molecule has 166 valence electrons. The van der Waals surface area contributed by atoms with Gasteiger partial charge in [-0.25, -0.2) is 18.5 Å². The molecule has 3 rings (SSSR count). The first kappa shape index (κ1) is 23.4. The maximum absolute atomic E-state index is 12.2. The second-order valence-electron chi connectivity index (χ2n) is 6.68. The Kier molecular flexibility index (Phi) is 7.82. The van der Waals surface area contributed by atoms with Crippen LogP contribution in [0.25, 0.3) is 11.0 Å². The van der Waals surface area contributed by atoms with Gasteiger partial charge in [0.1, 0.15) is 12.4 Å². The Labute approximate surface area is 190 Å². The molecular weight excluding hydrogens is 460 g/mol. The Hall–Kier alpha value is -2.27. The van der Waals surface area contributed by atoms with Crippen LogP contribution in [0.15, 0.2) is 52.5 Å². The highest BCUT2D eigenvalue weighted by molar-refractivity contribution is 7.99. The summed E-state index contributed by atoms with van der Waals surface area (Å²) in [4.78, 5) is 16.7. The predicted octanol–water partition coefficient (Wildman–Crippen LogP) is 3.03. The summed E-state index contributed by atoms with van der Waals surface area (Å²) >= 11 is 7.12. The van der Waals surface area contributed by atoms with E-state index in [1.807, 2.05) is 11.5 Å². The van der Waals surface area contributed by atoms with Crippen molar-refractivity contribution in [3.8, 4) is 5.75 Å². The van der Waals surface area contributed by atoms with Crippen molar-refractivity contribution < 1.29 is 17.9 Å². The van der Waals surface area contributed by atoms with Crippen LogP contribution in [0.5, 0.6) is 5.75 Å². The maximum atomic E-state index is 12.2. The predicted molar refractivity (Wildman–Crippen MR) is 122 cm³/mol. The van der Waals surface area contributed by atoms with Crippen LogP contribution in [-0.2, 0) is 21.4 Å². The van der Waals surface area contributed by atoms with Crippen LogP contribution < -0.4 is 15.2 Å². The number of primary sulfonamides is 1. The molecule has 11 heteroatoms. The number of rotatable bonds is 10. The lowest BCUT2D eigenvalue weighted by Gasteiger charge is -2.09. The van der Waals surface area contributed by atoms with Gasteiger partial charge in [-0.15, -0.1) is 0 Å². The van der Waals surface area contributed by atoms with E-state index in [1.165, 1.54) is 23.9 Å². The maximum Gasteiger partial charge on any atom is 0.238 e. The molecule has 0 bridgehead atoms. The zero-order valence-electron chi connectivity index (χ0n) is 16.9. The van der Waals surface area contributed by atoms with Crippen LogP contribution in [-0.4, -0.2) is 42.8 Å². The smallest absolute Gasteiger partial charge is 0.238 e. The van der Waals surface area contributed by atoms with Gasteiger partial charge in [-0.2, -0.15) is 0 Å². The molecule has 1 aromatic heterocycles. The van der Waals surface area contributed by atoms with E-state index < -0.39 is 10.0 Å². The van der Waals surface area contributed by atoms with Crippen LogP contribution in [0.3, 0.4) is 0 Å². The van der Waals surface area contributed by atoms with Gasteiger partial charge in [0.25, 0.3) is 0 Å². The number of nitrogens with one attached hydrogen (secondary N) is 1. The van der Waals surface area contributed by atoms with Gasteiger partial charge < -0.3 is 14.6 Å². The fourth-order valence-corrected chi connectivity index (χ4v) is 4.42. The Bertz CT molecular complexity index is 1160. The van der Waals surface area contributed by atoms with Crippen molar-refractivity contribution >= 4 is 50.3 Å². The Morgan fingerprint density at radius 1 is 1.26 bits per heavy atom. The fourth-order valence-electron chi connectivity index (χ4n) is 2.89. The number of nitrogens with zero attached hydrogens (tertiary/aromatic N) is 2. The summed E-state index contributed by atoms with van der Waals surface area (Å²) in [6, 6.07) is 11.6. The normalized spacial score (nSPS) is 11.6. The number of halogens is 1. The van der Waals surface area contributed by atoms with Crippen molar-refractivity contribution in [2.75, 3.05) is 18.9 Å². The first-order valence-electron chi connectivity index (χ1n) is 9.59. The molecule has 3 N–H and O–H groups in total. The van der Waals surface area contributed by atoms with Gasteiger partial charge in [0, 0.05) is 11.6 Å². The van der Waals surface area contributed by atoms with Gasteiger partial charge in [-0.3, -0.25) is 4.79 Å². The Morgan fingerprint density at radius 2 is 2.00 bits per heavy atom. The van der Waals surface area contributed by atoms with Crippen molar-refractivity contribution in [3.05, 3.63) is 47.5 Å². The minimum atomic E-state index is -3.81. The van der Waals surface area contributed by atoms with E-state index >= 15 is 0 Å². The fraction of sp³-hybridized carbons (Fsp3) is 0.300. The molecule has 2 aromatic carbocycles. The van der Waals surface area contributed by atoms with Gasteiger partial charge in [0.05, 0.1) is 28.2 Å². The summed E-state index contributed by atoms with van der Waals surface area (Å²) in [6.45, 7) is 3.43. The summed E-state index contributed by atoms with van der Waals surface area (Å²) in [6.07, 6.45) is 0.865. The molecule has 0 saturated heterocycles. The Balaban J connectivity index is 1.58. The number of fused-ring (bicyclic) bond motifs is 1. The van der Waals surface area contributed by atoms with Crippen molar-refractivity contribution in [1.29, 1.82) is 0 Å². The lowest BCUT2D eigenvalue weighted by molar-refractivity contribution is -0.118. The minimum Gasteiger partial charge on any atom is -0.492 e. The molecular formula is C20H23ClN4O4S2. The standard InChI is InChI=1S/C20H23ClN4O4S2/c1-2-10-25-18-8-7-16(31(22,27)28)12-17(18)24-20(25)30-13-19(26)23-9-11-29-15-5-3-14(21)4-6-15/h3-8,12H,2,9-11,13H2,1H3,(H,23,26)(H2,22,27,28). The van der Waals surface area contributed by atoms with Gasteiger partial charge in [-0.1, -0.05) is 30.3 Å². The lowest BCUT2D eigenvalue weighted by Crippen LogP contribution is -2.29. The molecule has 31 heavy (non-hydrogen) atoms. The molecule has 0 unspecified atom stereocenters.